The van der Waals surface area contributed by atoms with Crippen molar-refractivity contribution in [2.75, 3.05) is 7.05 Å². The summed E-state index contributed by atoms with van der Waals surface area (Å²) in [6.45, 7) is 5.41. The van der Waals surface area contributed by atoms with E-state index in [0.29, 0.717) is 12.1 Å². The molecular formula is C23H24N4OS2. The summed E-state index contributed by atoms with van der Waals surface area (Å²) in [6, 6.07) is 15.9. The second-order valence-electron chi connectivity index (χ2n) is 7.09. The Morgan fingerprint density at radius 2 is 1.90 bits per heavy atom. The minimum atomic E-state index is -0.00335. The number of aromatic nitrogens is 3. The number of benzene rings is 2. The number of para-hydroxylation sites is 2. The van der Waals surface area contributed by atoms with Crippen molar-refractivity contribution in [2.24, 2.45) is 0 Å². The van der Waals surface area contributed by atoms with Crippen LogP contribution in [0.5, 0.6) is 0 Å². The Morgan fingerprint density at radius 1 is 1.13 bits per heavy atom. The number of aryl methyl sites for hydroxylation is 2. The lowest BCUT2D eigenvalue weighted by Crippen LogP contribution is -2.27. The molecule has 0 atom stereocenters. The van der Waals surface area contributed by atoms with E-state index in [-0.39, 0.29) is 5.91 Å². The van der Waals surface area contributed by atoms with Gasteiger partial charge in [-0.1, -0.05) is 12.1 Å². The van der Waals surface area contributed by atoms with Crippen molar-refractivity contribution in [3.63, 3.8) is 0 Å². The summed E-state index contributed by atoms with van der Waals surface area (Å²) < 4.78 is 2.17. The minimum absolute atomic E-state index is 0.00335. The number of amides is 1. The molecule has 0 radical (unpaired) electrons. The number of nitrogens with zero attached hydrogens (tertiary/aromatic N) is 4. The molecule has 2 aromatic carbocycles. The van der Waals surface area contributed by atoms with Crippen molar-refractivity contribution in [2.45, 2.75) is 37.6 Å². The Bertz CT molecular complexity index is 1160. The second-order valence-corrected chi connectivity index (χ2v) is 9.20. The molecule has 0 aliphatic heterocycles. The van der Waals surface area contributed by atoms with Crippen LogP contribution in [0.2, 0.25) is 0 Å². The van der Waals surface area contributed by atoms with Crippen molar-refractivity contribution < 1.29 is 4.79 Å². The number of rotatable bonds is 7. The average molecular weight is 437 g/mol. The van der Waals surface area contributed by atoms with E-state index in [1.54, 1.807) is 28.0 Å². The fourth-order valence-corrected chi connectivity index (χ4v) is 4.94. The Morgan fingerprint density at radius 3 is 2.60 bits per heavy atom. The van der Waals surface area contributed by atoms with Crippen molar-refractivity contribution in [3.05, 3.63) is 76.0 Å². The van der Waals surface area contributed by atoms with E-state index in [9.17, 15) is 4.79 Å². The fourth-order valence-electron chi connectivity index (χ4n) is 3.43. The Kier molecular flexibility index (Phi) is 6.20. The Hall–Kier alpha value is -2.64. The predicted octanol–water partition coefficient (Wildman–Crippen LogP) is 5.39. The van der Waals surface area contributed by atoms with Crippen LogP contribution in [0.1, 0.15) is 33.8 Å². The van der Waals surface area contributed by atoms with Gasteiger partial charge in [-0.05, 0) is 50.2 Å². The molecule has 30 heavy (non-hydrogen) atoms. The maximum Gasteiger partial charge on any atom is 0.254 e. The monoisotopic (exact) mass is 436 g/mol. The summed E-state index contributed by atoms with van der Waals surface area (Å²) in [5.41, 5.74) is 3.85. The van der Waals surface area contributed by atoms with Crippen molar-refractivity contribution in [1.29, 1.82) is 0 Å². The molecule has 0 bridgehead atoms. The molecule has 0 saturated heterocycles. The largest absolute Gasteiger partial charge is 0.334 e. The zero-order valence-electron chi connectivity index (χ0n) is 17.3. The Balaban J connectivity index is 1.42. The summed E-state index contributed by atoms with van der Waals surface area (Å²) in [5, 5.41) is 3.19. The highest BCUT2D eigenvalue weighted by molar-refractivity contribution is 7.98. The lowest BCUT2D eigenvalue weighted by molar-refractivity contribution is 0.0780. The molecule has 1 amide bonds. The van der Waals surface area contributed by atoms with E-state index in [2.05, 4.69) is 27.9 Å². The van der Waals surface area contributed by atoms with E-state index < -0.39 is 0 Å². The number of hydrogen-bond donors (Lipinski definition) is 0. The SMILES string of the molecule is CCn1c(CN(C)C(=O)c2ccc(SCc3csc(C)n3)cc2)nc2ccccc21. The summed E-state index contributed by atoms with van der Waals surface area (Å²) in [4.78, 5) is 25.0. The molecule has 0 saturated carbocycles. The molecule has 4 rings (SSSR count). The molecule has 0 aliphatic rings. The maximum absolute atomic E-state index is 12.9. The lowest BCUT2D eigenvalue weighted by Gasteiger charge is -2.18. The van der Waals surface area contributed by atoms with Gasteiger partial charge in [0.25, 0.3) is 5.91 Å². The van der Waals surface area contributed by atoms with Gasteiger partial charge in [-0.25, -0.2) is 9.97 Å². The summed E-state index contributed by atoms with van der Waals surface area (Å²) in [5.74, 6) is 1.74. The molecule has 0 spiro atoms. The van der Waals surface area contributed by atoms with E-state index in [4.69, 9.17) is 4.98 Å². The summed E-state index contributed by atoms with van der Waals surface area (Å²) in [7, 11) is 1.83. The predicted molar refractivity (Wildman–Crippen MR) is 124 cm³/mol. The highest BCUT2D eigenvalue weighted by Crippen LogP contribution is 2.24. The number of thioether (sulfide) groups is 1. The first-order valence-electron chi connectivity index (χ1n) is 9.88. The van der Waals surface area contributed by atoms with Crippen LogP contribution in [0.3, 0.4) is 0 Å². The van der Waals surface area contributed by atoms with Crippen LogP contribution in [0.25, 0.3) is 11.0 Å². The summed E-state index contributed by atoms with van der Waals surface area (Å²) >= 11 is 3.40. The maximum atomic E-state index is 12.9. The first kappa shape index (κ1) is 20.6. The highest BCUT2D eigenvalue weighted by atomic mass is 32.2. The molecule has 0 unspecified atom stereocenters. The molecule has 2 aromatic heterocycles. The van der Waals surface area contributed by atoms with Gasteiger partial charge in [0.2, 0.25) is 0 Å². The van der Waals surface area contributed by atoms with Gasteiger partial charge in [-0.2, -0.15) is 0 Å². The van der Waals surface area contributed by atoms with Crippen LogP contribution in [-0.2, 0) is 18.8 Å². The number of fused-ring (bicyclic) bond motifs is 1. The molecule has 5 nitrogen and oxygen atoms in total. The van der Waals surface area contributed by atoms with Gasteiger partial charge in [-0.15, -0.1) is 23.1 Å². The van der Waals surface area contributed by atoms with Crippen LogP contribution in [0.4, 0.5) is 0 Å². The van der Waals surface area contributed by atoms with Gasteiger partial charge in [-0.3, -0.25) is 4.79 Å². The van der Waals surface area contributed by atoms with Gasteiger partial charge in [0.1, 0.15) is 5.82 Å². The number of carbonyl (C=O) groups excluding carboxylic acids is 1. The quantitative estimate of drug-likeness (QED) is 0.365. The van der Waals surface area contributed by atoms with Crippen LogP contribution >= 0.6 is 23.1 Å². The van der Waals surface area contributed by atoms with E-state index in [1.807, 2.05) is 56.4 Å². The van der Waals surface area contributed by atoms with Crippen molar-refractivity contribution >= 4 is 40.0 Å². The molecule has 2 heterocycles. The van der Waals surface area contributed by atoms with E-state index >= 15 is 0 Å². The zero-order chi connectivity index (χ0) is 21.1. The molecule has 0 aliphatic carbocycles. The molecule has 4 aromatic rings. The van der Waals surface area contributed by atoms with Crippen molar-refractivity contribution in [1.82, 2.24) is 19.4 Å². The normalized spacial score (nSPS) is 11.2. The van der Waals surface area contributed by atoms with Crippen LogP contribution in [-0.4, -0.2) is 32.4 Å². The highest BCUT2D eigenvalue weighted by Gasteiger charge is 2.16. The first-order valence-corrected chi connectivity index (χ1v) is 11.7. The second kappa shape index (κ2) is 9.02. The molecule has 7 heteroatoms. The average Bonchev–Trinajstić information content (AvgIpc) is 3.34. The third kappa shape index (κ3) is 4.42. The molecule has 0 fully saturated rings. The van der Waals surface area contributed by atoms with Crippen LogP contribution < -0.4 is 0 Å². The van der Waals surface area contributed by atoms with Gasteiger partial charge in [0.15, 0.2) is 0 Å². The third-order valence-corrected chi connectivity index (χ3v) is 6.80. The summed E-state index contributed by atoms with van der Waals surface area (Å²) in [6.07, 6.45) is 0. The van der Waals surface area contributed by atoms with Crippen molar-refractivity contribution in [3.8, 4) is 0 Å². The van der Waals surface area contributed by atoms with Gasteiger partial charge >= 0.3 is 0 Å². The third-order valence-electron chi connectivity index (χ3n) is 4.93. The number of carbonyl (C=O) groups is 1. The minimum Gasteiger partial charge on any atom is -0.334 e. The number of hydrogen-bond acceptors (Lipinski definition) is 5. The van der Waals surface area contributed by atoms with E-state index in [1.165, 1.54) is 0 Å². The van der Waals surface area contributed by atoms with Gasteiger partial charge in [0, 0.05) is 35.2 Å². The molecule has 154 valence electrons. The Labute approximate surface area is 184 Å². The van der Waals surface area contributed by atoms with Gasteiger partial charge < -0.3 is 9.47 Å². The number of imidazole rings is 1. The standard InChI is InChI=1S/C23H24N4OS2/c1-4-27-21-8-6-5-7-20(21)25-22(27)13-26(3)23(28)17-9-11-19(12-10-17)30-15-18-14-29-16(2)24-18/h5-12,14H,4,13,15H2,1-3H3. The van der Waals surface area contributed by atoms with Crippen LogP contribution in [0, 0.1) is 6.92 Å². The number of thiazole rings is 1. The lowest BCUT2D eigenvalue weighted by atomic mass is 10.2. The topological polar surface area (TPSA) is 51.0 Å². The fraction of sp³-hybridized carbons (Fsp3) is 0.261. The van der Waals surface area contributed by atoms with Crippen LogP contribution in [0.15, 0.2) is 58.8 Å². The first-order chi connectivity index (χ1) is 14.5. The molecule has 0 N–H and O–H groups in total. The molecular weight excluding hydrogens is 412 g/mol. The van der Waals surface area contributed by atoms with E-state index in [0.717, 1.165) is 44.8 Å². The zero-order valence-corrected chi connectivity index (χ0v) is 19.0. The smallest absolute Gasteiger partial charge is 0.254 e. The van der Waals surface area contributed by atoms with Gasteiger partial charge in [0.05, 0.1) is 28.3 Å².